The third-order valence-corrected chi connectivity index (χ3v) is 6.81. The second-order valence-electron chi connectivity index (χ2n) is 9.24. The second-order valence-corrected chi connectivity index (χ2v) is 9.24. The summed E-state index contributed by atoms with van der Waals surface area (Å²) in [5, 5.41) is 3.10. The molecule has 1 aromatic rings. The van der Waals surface area contributed by atoms with Crippen molar-refractivity contribution in [3.05, 3.63) is 29.6 Å². The van der Waals surface area contributed by atoms with Crippen LogP contribution in [0.2, 0.25) is 0 Å². The molecule has 0 bridgehead atoms. The highest BCUT2D eigenvalue weighted by Gasteiger charge is 2.39. The number of halogens is 1. The van der Waals surface area contributed by atoms with Crippen LogP contribution in [0.3, 0.4) is 0 Å². The van der Waals surface area contributed by atoms with Crippen molar-refractivity contribution >= 4 is 5.91 Å². The van der Waals surface area contributed by atoms with Crippen LogP contribution in [-0.2, 0) is 19.8 Å². The van der Waals surface area contributed by atoms with Crippen molar-refractivity contribution in [2.75, 3.05) is 26.9 Å². The lowest BCUT2D eigenvalue weighted by molar-refractivity contribution is -0.134. The first-order valence-corrected chi connectivity index (χ1v) is 11.2. The van der Waals surface area contributed by atoms with Crippen molar-refractivity contribution in [2.45, 2.75) is 64.5 Å². The molecule has 3 atom stereocenters. The van der Waals surface area contributed by atoms with E-state index in [9.17, 15) is 4.79 Å². The van der Waals surface area contributed by atoms with E-state index >= 15 is 4.39 Å². The van der Waals surface area contributed by atoms with Crippen LogP contribution in [0.1, 0.15) is 58.4 Å². The zero-order valence-electron chi connectivity index (χ0n) is 18.7. The third kappa shape index (κ3) is 5.14. The molecule has 5 nitrogen and oxygen atoms in total. The molecule has 1 aliphatic heterocycles. The van der Waals surface area contributed by atoms with Gasteiger partial charge in [-0.3, -0.25) is 4.79 Å². The van der Waals surface area contributed by atoms with Crippen LogP contribution in [0.25, 0.3) is 0 Å². The number of ether oxygens (including phenoxy) is 3. The number of nitrogens with one attached hydrogen (secondary N) is 1. The fourth-order valence-electron chi connectivity index (χ4n) is 5.01. The van der Waals surface area contributed by atoms with Gasteiger partial charge in [-0.15, -0.1) is 0 Å². The summed E-state index contributed by atoms with van der Waals surface area (Å²) >= 11 is 0. The van der Waals surface area contributed by atoms with Gasteiger partial charge in [-0.2, -0.15) is 0 Å². The Labute approximate surface area is 179 Å². The van der Waals surface area contributed by atoms with Crippen molar-refractivity contribution in [3.63, 3.8) is 0 Å². The first-order chi connectivity index (χ1) is 14.4. The predicted octanol–water partition coefficient (Wildman–Crippen LogP) is 4.43. The molecule has 0 aromatic heterocycles. The smallest absolute Gasteiger partial charge is 0.246 e. The first-order valence-electron chi connectivity index (χ1n) is 11.2. The molecule has 0 radical (unpaired) electrons. The quantitative estimate of drug-likeness (QED) is 0.707. The van der Waals surface area contributed by atoms with Gasteiger partial charge in [0.1, 0.15) is 6.61 Å². The van der Waals surface area contributed by atoms with Gasteiger partial charge in [0.05, 0.1) is 18.8 Å². The minimum absolute atomic E-state index is 0.00516. The number of carbonyl (C=O) groups is 1. The highest BCUT2D eigenvalue weighted by Crippen LogP contribution is 2.37. The lowest BCUT2D eigenvalue weighted by atomic mass is 9.75. The monoisotopic (exact) mass is 421 g/mol. The van der Waals surface area contributed by atoms with E-state index in [1.54, 1.807) is 18.2 Å². The van der Waals surface area contributed by atoms with Crippen LogP contribution >= 0.6 is 0 Å². The number of carbonyl (C=O) groups excluding carboxylic acids is 1. The van der Waals surface area contributed by atoms with Gasteiger partial charge < -0.3 is 19.5 Å². The summed E-state index contributed by atoms with van der Waals surface area (Å²) in [5.74, 6) is 1.16. The highest BCUT2D eigenvalue weighted by atomic mass is 19.1. The summed E-state index contributed by atoms with van der Waals surface area (Å²) in [6, 6.07) is 5.07. The van der Waals surface area contributed by atoms with Gasteiger partial charge in [0, 0.05) is 18.8 Å². The topological polar surface area (TPSA) is 56.8 Å². The van der Waals surface area contributed by atoms with Gasteiger partial charge in [0.15, 0.2) is 11.6 Å². The Morgan fingerprint density at radius 3 is 2.70 bits per heavy atom. The number of rotatable bonds is 7. The van der Waals surface area contributed by atoms with E-state index in [-0.39, 0.29) is 24.4 Å². The molecule has 168 valence electrons. The molecule has 1 heterocycles. The van der Waals surface area contributed by atoms with Crippen LogP contribution in [0.5, 0.6) is 5.75 Å². The fraction of sp³-hybridized carbons (Fsp3) is 0.708. The minimum Gasteiger partial charge on any atom is -0.494 e. The molecular weight excluding hydrogens is 385 g/mol. The molecule has 30 heavy (non-hydrogen) atoms. The normalized spacial score (nSPS) is 26.4. The summed E-state index contributed by atoms with van der Waals surface area (Å²) in [4.78, 5) is 12.9. The number of hydrogen-bond donors (Lipinski definition) is 1. The molecule has 6 heteroatoms. The van der Waals surface area contributed by atoms with Gasteiger partial charge in [-0.05, 0) is 49.5 Å². The van der Waals surface area contributed by atoms with E-state index in [0.717, 1.165) is 12.8 Å². The summed E-state index contributed by atoms with van der Waals surface area (Å²) < 4.78 is 31.8. The van der Waals surface area contributed by atoms with Gasteiger partial charge >= 0.3 is 0 Å². The number of hydrogen-bond acceptors (Lipinski definition) is 4. The Kier molecular flexibility index (Phi) is 7.75. The molecule has 1 amide bonds. The van der Waals surface area contributed by atoms with Crippen molar-refractivity contribution in [1.29, 1.82) is 0 Å². The van der Waals surface area contributed by atoms with Crippen LogP contribution in [0.15, 0.2) is 18.2 Å². The number of amides is 1. The zero-order chi connectivity index (χ0) is 21.7. The van der Waals surface area contributed by atoms with E-state index in [2.05, 4.69) is 26.1 Å². The Balaban J connectivity index is 1.72. The minimum atomic E-state index is -0.811. The SMILES string of the molecule is COc1cccc(C2(NC(=O)COC3CC(C)CCC3C(C)C)CCOCC2)c1F. The molecule has 0 spiro atoms. The van der Waals surface area contributed by atoms with Crippen molar-refractivity contribution in [3.8, 4) is 5.75 Å². The Bertz CT molecular complexity index is 717. The third-order valence-electron chi connectivity index (χ3n) is 6.81. The molecule has 3 rings (SSSR count). The van der Waals surface area contributed by atoms with E-state index in [1.165, 1.54) is 13.5 Å². The standard InChI is InChI=1S/C24H36FNO4/c1-16(2)18-9-8-17(3)14-21(18)30-15-22(27)26-24(10-12-29-13-11-24)19-6-5-7-20(28-4)23(19)25/h5-7,16-18,21H,8-15H2,1-4H3,(H,26,27). The zero-order valence-corrected chi connectivity index (χ0v) is 18.7. The Morgan fingerprint density at radius 1 is 1.30 bits per heavy atom. The largest absolute Gasteiger partial charge is 0.494 e. The van der Waals surface area contributed by atoms with E-state index in [0.29, 0.717) is 49.4 Å². The van der Waals surface area contributed by atoms with E-state index < -0.39 is 11.4 Å². The second kappa shape index (κ2) is 10.1. The molecular formula is C24H36FNO4. The van der Waals surface area contributed by atoms with Gasteiger partial charge in [0.25, 0.3) is 0 Å². The molecule has 1 aliphatic carbocycles. The summed E-state index contributed by atoms with van der Waals surface area (Å²) in [5.41, 5.74) is -0.362. The van der Waals surface area contributed by atoms with Crippen LogP contribution in [-0.4, -0.2) is 38.9 Å². The molecule has 2 fully saturated rings. The first kappa shape index (κ1) is 23.0. The van der Waals surface area contributed by atoms with Crippen molar-refractivity contribution in [1.82, 2.24) is 5.32 Å². The van der Waals surface area contributed by atoms with Crippen LogP contribution < -0.4 is 10.1 Å². The van der Waals surface area contributed by atoms with Crippen LogP contribution in [0, 0.1) is 23.6 Å². The molecule has 1 saturated heterocycles. The Hall–Kier alpha value is -1.66. The fourth-order valence-corrected chi connectivity index (χ4v) is 5.01. The highest BCUT2D eigenvalue weighted by molar-refractivity contribution is 5.78. The van der Waals surface area contributed by atoms with Crippen LogP contribution in [0.4, 0.5) is 4.39 Å². The molecule has 1 saturated carbocycles. The summed E-state index contributed by atoms with van der Waals surface area (Å²) in [6.07, 6.45) is 4.46. The molecule has 1 aromatic carbocycles. The van der Waals surface area contributed by atoms with Gasteiger partial charge in [-0.1, -0.05) is 39.3 Å². The average Bonchev–Trinajstić information content (AvgIpc) is 2.73. The maximum absolute atomic E-state index is 15.1. The van der Waals surface area contributed by atoms with Crippen molar-refractivity contribution in [2.24, 2.45) is 17.8 Å². The molecule has 2 aliphatic rings. The Morgan fingerprint density at radius 2 is 2.03 bits per heavy atom. The number of methoxy groups -OCH3 is 1. The van der Waals surface area contributed by atoms with Gasteiger partial charge in [0.2, 0.25) is 5.91 Å². The van der Waals surface area contributed by atoms with E-state index in [4.69, 9.17) is 14.2 Å². The maximum atomic E-state index is 15.1. The lowest BCUT2D eigenvalue weighted by Gasteiger charge is -2.40. The maximum Gasteiger partial charge on any atom is 0.246 e. The number of benzene rings is 1. The lowest BCUT2D eigenvalue weighted by Crippen LogP contribution is -2.51. The molecule has 1 N–H and O–H groups in total. The summed E-state index contributed by atoms with van der Waals surface area (Å²) in [6.45, 7) is 7.62. The van der Waals surface area contributed by atoms with Crippen molar-refractivity contribution < 1.29 is 23.4 Å². The summed E-state index contributed by atoms with van der Waals surface area (Å²) in [7, 11) is 1.45. The average molecular weight is 422 g/mol. The predicted molar refractivity (Wildman–Crippen MR) is 114 cm³/mol. The van der Waals surface area contributed by atoms with E-state index in [1.807, 2.05) is 0 Å². The molecule has 3 unspecified atom stereocenters. The van der Waals surface area contributed by atoms with Gasteiger partial charge in [-0.25, -0.2) is 4.39 Å².